The highest BCUT2D eigenvalue weighted by molar-refractivity contribution is 9.10. The van der Waals surface area contributed by atoms with Crippen molar-refractivity contribution < 1.29 is 19.0 Å². The number of ether oxygens (including phenoxy) is 2. The average Bonchev–Trinajstić information content (AvgIpc) is 2.49. The maximum atomic E-state index is 13.7. The Morgan fingerprint density at radius 2 is 1.81 bits per heavy atom. The van der Waals surface area contributed by atoms with Gasteiger partial charge in [-0.25, -0.2) is 4.39 Å². The predicted octanol–water partition coefficient (Wildman–Crippen LogP) is 3.64. The summed E-state index contributed by atoms with van der Waals surface area (Å²) in [4.78, 5) is 0. The Hall–Kier alpha value is -1.59. The Balaban J connectivity index is 1.87. The number of hydrogen-bond acceptors (Lipinski definition) is 3. The lowest BCUT2D eigenvalue weighted by Gasteiger charge is -2.21. The van der Waals surface area contributed by atoms with E-state index in [4.69, 9.17) is 9.47 Å². The number of aliphatic hydroxyl groups excluding tert-OH is 1. The molecule has 2 aromatic rings. The van der Waals surface area contributed by atoms with Gasteiger partial charge in [0.25, 0.3) is 0 Å². The summed E-state index contributed by atoms with van der Waals surface area (Å²) in [6.07, 6.45) is -0.627. The summed E-state index contributed by atoms with van der Waals surface area (Å²) >= 11 is 3.42. The van der Waals surface area contributed by atoms with Crippen molar-refractivity contribution in [2.75, 3.05) is 13.2 Å². The summed E-state index contributed by atoms with van der Waals surface area (Å²) in [7, 11) is 0. The Morgan fingerprint density at radius 3 is 2.52 bits per heavy atom. The van der Waals surface area contributed by atoms with Gasteiger partial charge >= 0.3 is 0 Å². The van der Waals surface area contributed by atoms with Crippen LogP contribution in [-0.2, 0) is 6.42 Å². The van der Waals surface area contributed by atoms with Crippen molar-refractivity contribution in [2.45, 2.75) is 12.5 Å². The lowest BCUT2D eigenvalue weighted by molar-refractivity contribution is 0.163. The maximum absolute atomic E-state index is 13.7. The van der Waals surface area contributed by atoms with Crippen molar-refractivity contribution in [2.24, 2.45) is 0 Å². The molecule has 1 unspecified atom stereocenters. The molecule has 2 aromatic carbocycles. The molecule has 1 atom stereocenters. The first-order valence-corrected chi connectivity index (χ1v) is 7.45. The smallest absolute Gasteiger partial charge is 0.162 e. The number of fused-ring (bicyclic) bond motifs is 1. The van der Waals surface area contributed by atoms with Gasteiger partial charge in [0.15, 0.2) is 11.5 Å². The van der Waals surface area contributed by atoms with E-state index >= 15 is 0 Å². The van der Waals surface area contributed by atoms with Gasteiger partial charge in [-0.05, 0) is 29.3 Å². The molecule has 1 aliphatic heterocycles. The van der Waals surface area contributed by atoms with Crippen molar-refractivity contribution in [1.29, 1.82) is 0 Å². The Morgan fingerprint density at radius 1 is 1.14 bits per heavy atom. The third kappa shape index (κ3) is 3.04. The zero-order chi connectivity index (χ0) is 14.8. The number of halogens is 2. The van der Waals surface area contributed by atoms with Crippen molar-refractivity contribution in [3.05, 3.63) is 57.8 Å². The molecule has 0 radical (unpaired) electrons. The van der Waals surface area contributed by atoms with E-state index in [9.17, 15) is 9.50 Å². The van der Waals surface area contributed by atoms with Gasteiger partial charge in [0.1, 0.15) is 19.0 Å². The molecule has 0 aromatic heterocycles. The molecule has 1 heterocycles. The van der Waals surface area contributed by atoms with Crippen LogP contribution >= 0.6 is 15.9 Å². The van der Waals surface area contributed by atoms with E-state index in [0.29, 0.717) is 35.8 Å². The minimum absolute atomic E-state index is 0.199. The SMILES string of the molecule is OC(Cc1ccccc1F)c1cc2c(cc1Br)OCCO2. The molecule has 3 nitrogen and oxygen atoms in total. The van der Waals surface area contributed by atoms with E-state index in [1.165, 1.54) is 6.07 Å². The molecule has 5 heteroatoms. The van der Waals surface area contributed by atoms with E-state index in [1.807, 2.05) is 0 Å². The molecule has 110 valence electrons. The minimum atomic E-state index is -0.827. The van der Waals surface area contributed by atoms with Gasteiger partial charge in [0.2, 0.25) is 0 Å². The maximum Gasteiger partial charge on any atom is 0.162 e. The summed E-state index contributed by atoms with van der Waals surface area (Å²) in [5, 5.41) is 10.4. The normalized spacial score (nSPS) is 14.8. The van der Waals surface area contributed by atoms with Crippen LogP contribution in [0.1, 0.15) is 17.2 Å². The number of rotatable bonds is 3. The number of hydrogen-bond donors (Lipinski definition) is 1. The first-order chi connectivity index (χ1) is 10.1. The van der Waals surface area contributed by atoms with Crippen molar-refractivity contribution >= 4 is 15.9 Å². The van der Waals surface area contributed by atoms with E-state index in [-0.39, 0.29) is 12.2 Å². The third-order valence-electron chi connectivity index (χ3n) is 3.39. The molecular formula is C16H14BrFO3. The molecule has 1 N–H and O–H groups in total. The molecule has 0 aliphatic carbocycles. The minimum Gasteiger partial charge on any atom is -0.486 e. The van der Waals surface area contributed by atoms with Crippen LogP contribution in [-0.4, -0.2) is 18.3 Å². The molecule has 0 amide bonds. The highest BCUT2D eigenvalue weighted by atomic mass is 79.9. The topological polar surface area (TPSA) is 38.7 Å². The second-order valence-corrected chi connectivity index (χ2v) is 5.68. The predicted molar refractivity (Wildman–Crippen MR) is 80.2 cm³/mol. The van der Waals surface area contributed by atoms with Crippen LogP contribution in [0, 0.1) is 5.82 Å². The van der Waals surface area contributed by atoms with Crippen LogP contribution in [0.3, 0.4) is 0 Å². The molecule has 21 heavy (non-hydrogen) atoms. The monoisotopic (exact) mass is 352 g/mol. The van der Waals surface area contributed by atoms with Crippen LogP contribution in [0.2, 0.25) is 0 Å². The number of benzene rings is 2. The van der Waals surface area contributed by atoms with Crippen molar-refractivity contribution in [3.8, 4) is 11.5 Å². The van der Waals surface area contributed by atoms with Crippen LogP contribution in [0.15, 0.2) is 40.9 Å². The molecule has 1 aliphatic rings. The molecule has 0 saturated carbocycles. The highest BCUT2D eigenvalue weighted by Gasteiger charge is 2.20. The van der Waals surface area contributed by atoms with E-state index in [0.717, 1.165) is 4.47 Å². The van der Waals surface area contributed by atoms with Gasteiger partial charge in [0, 0.05) is 10.9 Å². The Bertz CT molecular complexity index is 660. The molecule has 0 saturated heterocycles. The van der Waals surface area contributed by atoms with Crippen LogP contribution in [0.25, 0.3) is 0 Å². The Labute approximate surface area is 130 Å². The molecule has 0 fully saturated rings. The third-order valence-corrected chi connectivity index (χ3v) is 4.08. The molecular weight excluding hydrogens is 339 g/mol. The van der Waals surface area contributed by atoms with Crippen LogP contribution < -0.4 is 9.47 Å². The fraction of sp³-hybridized carbons (Fsp3) is 0.250. The lowest BCUT2D eigenvalue weighted by atomic mass is 10.0. The Kier molecular flexibility index (Phi) is 4.12. The summed E-state index contributed by atoms with van der Waals surface area (Å²) < 4.78 is 25.4. The highest BCUT2D eigenvalue weighted by Crippen LogP contribution is 2.38. The van der Waals surface area contributed by atoms with Gasteiger partial charge < -0.3 is 14.6 Å². The average molecular weight is 353 g/mol. The summed E-state index contributed by atoms with van der Waals surface area (Å²) in [6, 6.07) is 9.96. The molecule has 3 rings (SSSR count). The molecule has 0 bridgehead atoms. The van der Waals surface area contributed by atoms with Gasteiger partial charge in [-0.2, -0.15) is 0 Å². The van der Waals surface area contributed by atoms with E-state index in [2.05, 4.69) is 15.9 Å². The fourth-order valence-corrected chi connectivity index (χ4v) is 2.90. The quantitative estimate of drug-likeness (QED) is 0.916. The first kappa shape index (κ1) is 14.4. The standard InChI is InChI=1S/C16H14BrFO3/c17-12-9-16-15(20-5-6-21-16)8-11(12)14(19)7-10-3-1-2-4-13(10)18/h1-4,8-9,14,19H,5-7H2. The summed E-state index contributed by atoms with van der Waals surface area (Å²) in [6.45, 7) is 0.994. The lowest BCUT2D eigenvalue weighted by Crippen LogP contribution is -2.16. The van der Waals surface area contributed by atoms with E-state index in [1.54, 1.807) is 30.3 Å². The van der Waals surface area contributed by atoms with Crippen molar-refractivity contribution in [3.63, 3.8) is 0 Å². The summed E-state index contributed by atoms with van der Waals surface area (Å²) in [5.41, 5.74) is 1.13. The zero-order valence-electron chi connectivity index (χ0n) is 11.2. The molecule has 0 spiro atoms. The van der Waals surface area contributed by atoms with Crippen LogP contribution in [0.4, 0.5) is 4.39 Å². The van der Waals surface area contributed by atoms with Gasteiger partial charge in [0.05, 0.1) is 6.10 Å². The largest absolute Gasteiger partial charge is 0.486 e. The fourth-order valence-electron chi connectivity index (χ4n) is 2.32. The summed E-state index contributed by atoms with van der Waals surface area (Å²) in [5.74, 6) is 0.937. The second kappa shape index (κ2) is 6.03. The van der Waals surface area contributed by atoms with Gasteiger partial charge in [-0.1, -0.05) is 34.1 Å². The van der Waals surface area contributed by atoms with Crippen molar-refractivity contribution in [1.82, 2.24) is 0 Å². The zero-order valence-corrected chi connectivity index (χ0v) is 12.8. The number of aliphatic hydroxyl groups is 1. The van der Waals surface area contributed by atoms with Gasteiger partial charge in [-0.3, -0.25) is 0 Å². The van der Waals surface area contributed by atoms with Gasteiger partial charge in [-0.15, -0.1) is 0 Å². The van der Waals surface area contributed by atoms with Crippen LogP contribution in [0.5, 0.6) is 11.5 Å². The van der Waals surface area contributed by atoms with E-state index < -0.39 is 6.10 Å². The first-order valence-electron chi connectivity index (χ1n) is 6.65. The second-order valence-electron chi connectivity index (χ2n) is 4.83.